The van der Waals surface area contributed by atoms with Crippen LogP contribution in [0.5, 0.6) is 0 Å². The Balaban J connectivity index is 1.68. The minimum atomic E-state index is -0.545. The predicted molar refractivity (Wildman–Crippen MR) is 125 cm³/mol. The van der Waals surface area contributed by atoms with E-state index in [1.54, 1.807) is 19.9 Å². The highest BCUT2D eigenvalue weighted by Gasteiger charge is 2.12. The number of aryl methyl sites for hydroxylation is 3. The molecule has 2 rings (SSSR count). The van der Waals surface area contributed by atoms with E-state index in [2.05, 4.69) is 10.7 Å². The lowest BCUT2D eigenvalue weighted by Crippen LogP contribution is -2.43. The first kappa shape index (κ1) is 24.8. The van der Waals surface area contributed by atoms with Crippen molar-refractivity contribution in [3.05, 3.63) is 69.1 Å². The van der Waals surface area contributed by atoms with E-state index in [0.717, 1.165) is 17.5 Å². The van der Waals surface area contributed by atoms with Crippen LogP contribution in [0, 0.1) is 25.2 Å². The molecule has 0 aliphatic rings. The number of hydrogen-bond acceptors (Lipinski definition) is 6. The lowest BCUT2D eigenvalue weighted by atomic mass is 10.1. The first-order valence-electron chi connectivity index (χ1n) is 10.3. The summed E-state index contributed by atoms with van der Waals surface area (Å²) >= 11 is 5.08. The van der Waals surface area contributed by atoms with Crippen molar-refractivity contribution in [3.8, 4) is 6.07 Å². The Morgan fingerprint density at radius 1 is 1.16 bits per heavy atom. The molecule has 2 aromatic rings. The van der Waals surface area contributed by atoms with Gasteiger partial charge in [-0.05, 0) is 62.5 Å². The van der Waals surface area contributed by atoms with Gasteiger partial charge in [-0.3, -0.25) is 19.8 Å². The lowest BCUT2D eigenvalue weighted by molar-refractivity contribution is -0.143. The van der Waals surface area contributed by atoms with Crippen LogP contribution in [0.1, 0.15) is 48.1 Å². The standard InChI is InChI=1S/C23H26N4O4S/c1-16-14-17(2)27(22(30)19(16)15-24)26-23(32)25-20(28)11-6-12-21(29)31-13-7-10-18-8-4-3-5-9-18/h3-5,8-9,14H,6-7,10-13H2,1-2H3,(H2,25,26,28,32). The average Bonchev–Trinajstić information content (AvgIpc) is 2.75. The number of nitrogens with zero attached hydrogens (tertiary/aromatic N) is 2. The molecule has 168 valence electrons. The maximum Gasteiger partial charge on any atom is 0.305 e. The van der Waals surface area contributed by atoms with Crippen molar-refractivity contribution in [2.24, 2.45) is 0 Å². The Kier molecular flexibility index (Phi) is 9.57. The van der Waals surface area contributed by atoms with Gasteiger partial charge in [-0.15, -0.1) is 0 Å². The molecule has 1 amide bonds. The van der Waals surface area contributed by atoms with E-state index in [1.165, 1.54) is 5.56 Å². The molecule has 1 heterocycles. The molecule has 8 nitrogen and oxygen atoms in total. The largest absolute Gasteiger partial charge is 0.466 e. The molecular formula is C23H26N4O4S. The van der Waals surface area contributed by atoms with E-state index in [4.69, 9.17) is 22.2 Å². The van der Waals surface area contributed by atoms with Gasteiger partial charge in [0.05, 0.1) is 6.61 Å². The molecule has 0 unspecified atom stereocenters. The minimum absolute atomic E-state index is 0.000456. The van der Waals surface area contributed by atoms with Crippen molar-refractivity contribution in [2.45, 2.75) is 46.0 Å². The molecule has 0 fully saturated rings. The van der Waals surface area contributed by atoms with Gasteiger partial charge in [0.2, 0.25) is 5.91 Å². The number of nitrogens with one attached hydrogen (secondary N) is 2. The Hall–Kier alpha value is -3.51. The van der Waals surface area contributed by atoms with E-state index in [0.29, 0.717) is 24.3 Å². The number of ether oxygens (including phenoxy) is 1. The molecule has 0 atom stereocenters. The Bertz CT molecular complexity index is 1070. The number of rotatable bonds is 9. The number of hydrogen-bond donors (Lipinski definition) is 2. The molecule has 0 aliphatic heterocycles. The third-order valence-corrected chi connectivity index (χ3v) is 4.86. The highest BCUT2D eigenvalue weighted by atomic mass is 32.1. The number of thiocarbonyl (C=S) groups is 1. The number of carbonyl (C=O) groups excluding carboxylic acids is 2. The fraction of sp³-hybridized carbons (Fsp3) is 0.348. The van der Waals surface area contributed by atoms with Crippen LogP contribution in [0.25, 0.3) is 0 Å². The summed E-state index contributed by atoms with van der Waals surface area (Å²) in [4.78, 5) is 36.2. The monoisotopic (exact) mass is 454 g/mol. The average molecular weight is 455 g/mol. The zero-order chi connectivity index (χ0) is 23.5. The van der Waals surface area contributed by atoms with Crippen molar-refractivity contribution < 1.29 is 14.3 Å². The summed E-state index contributed by atoms with van der Waals surface area (Å²) in [6.45, 7) is 3.69. The van der Waals surface area contributed by atoms with Gasteiger partial charge in [0.25, 0.3) is 5.56 Å². The second kappa shape index (κ2) is 12.4. The molecule has 1 aromatic carbocycles. The lowest BCUT2D eigenvalue weighted by Gasteiger charge is -2.15. The zero-order valence-corrected chi connectivity index (χ0v) is 19.0. The summed E-state index contributed by atoms with van der Waals surface area (Å²) in [5, 5.41) is 11.5. The second-order valence-corrected chi connectivity index (χ2v) is 7.66. The third-order valence-electron chi connectivity index (χ3n) is 4.67. The maximum absolute atomic E-state index is 12.4. The molecule has 0 saturated heterocycles. The van der Waals surface area contributed by atoms with Gasteiger partial charge in [-0.1, -0.05) is 30.3 Å². The topological polar surface area (TPSA) is 113 Å². The van der Waals surface area contributed by atoms with E-state index in [-0.39, 0.29) is 29.5 Å². The number of nitriles is 1. The summed E-state index contributed by atoms with van der Waals surface area (Å²) in [5.41, 5.74) is 4.37. The molecule has 0 spiro atoms. The molecule has 9 heteroatoms. The second-order valence-electron chi connectivity index (χ2n) is 7.25. The van der Waals surface area contributed by atoms with Gasteiger partial charge in [0.15, 0.2) is 5.11 Å². The third kappa shape index (κ3) is 7.63. The number of aromatic nitrogens is 1. The van der Waals surface area contributed by atoms with Crippen LogP contribution < -0.4 is 16.3 Å². The van der Waals surface area contributed by atoms with E-state index >= 15 is 0 Å². The van der Waals surface area contributed by atoms with E-state index in [9.17, 15) is 14.4 Å². The van der Waals surface area contributed by atoms with Crippen molar-refractivity contribution >= 4 is 29.2 Å². The first-order chi connectivity index (χ1) is 15.3. The molecule has 0 bridgehead atoms. The van der Waals surface area contributed by atoms with Gasteiger partial charge in [0.1, 0.15) is 11.6 Å². The highest BCUT2D eigenvalue weighted by molar-refractivity contribution is 7.80. The van der Waals surface area contributed by atoms with Gasteiger partial charge in [0, 0.05) is 18.5 Å². The van der Waals surface area contributed by atoms with Crippen molar-refractivity contribution in [1.29, 1.82) is 5.26 Å². The van der Waals surface area contributed by atoms with Crippen molar-refractivity contribution in [1.82, 2.24) is 9.99 Å². The fourth-order valence-electron chi connectivity index (χ4n) is 3.06. The van der Waals surface area contributed by atoms with E-state index in [1.807, 2.05) is 36.4 Å². The van der Waals surface area contributed by atoms with Crippen LogP contribution >= 0.6 is 12.2 Å². The molecular weight excluding hydrogens is 428 g/mol. The van der Waals surface area contributed by atoms with Gasteiger partial charge in [-0.25, -0.2) is 4.68 Å². The van der Waals surface area contributed by atoms with Crippen LogP contribution in [0.15, 0.2) is 41.2 Å². The Labute approximate surface area is 192 Å². The molecule has 32 heavy (non-hydrogen) atoms. The van der Waals surface area contributed by atoms with Gasteiger partial charge in [-0.2, -0.15) is 5.26 Å². The molecule has 2 N–H and O–H groups in total. The quantitative estimate of drug-likeness (QED) is 0.340. The van der Waals surface area contributed by atoms with Crippen molar-refractivity contribution in [2.75, 3.05) is 12.0 Å². The van der Waals surface area contributed by atoms with Crippen LogP contribution in [0.4, 0.5) is 0 Å². The van der Waals surface area contributed by atoms with Crippen LogP contribution in [-0.2, 0) is 20.7 Å². The Morgan fingerprint density at radius 2 is 1.88 bits per heavy atom. The fourth-order valence-corrected chi connectivity index (χ4v) is 3.26. The number of amides is 1. The summed E-state index contributed by atoms with van der Waals surface area (Å²) in [7, 11) is 0. The summed E-state index contributed by atoms with van der Waals surface area (Å²) in [6, 6.07) is 13.5. The number of esters is 1. The summed E-state index contributed by atoms with van der Waals surface area (Å²) in [6.07, 6.45) is 2.09. The first-order valence-corrected chi connectivity index (χ1v) is 10.7. The van der Waals surface area contributed by atoms with Crippen LogP contribution in [0.2, 0.25) is 0 Å². The van der Waals surface area contributed by atoms with Gasteiger partial charge < -0.3 is 10.1 Å². The number of pyridine rings is 1. The number of benzene rings is 1. The maximum atomic E-state index is 12.4. The summed E-state index contributed by atoms with van der Waals surface area (Å²) < 4.78 is 6.30. The van der Waals surface area contributed by atoms with E-state index < -0.39 is 11.5 Å². The number of carbonyl (C=O) groups is 2. The summed E-state index contributed by atoms with van der Waals surface area (Å²) in [5.74, 6) is -0.741. The molecule has 0 radical (unpaired) electrons. The van der Waals surface area contributed by atoms with Crippen LogP contribution in [-0.4, -0.2) is 28.3 Å². The zero-order valence-electron chi connectivity index (χ0n) is 18.1. The van der Waals surface area contributed by atoms with Crippen LogP contribution in [0.3, 0.4) is 0 Å². The SMILES string of the molecule is Cc1cc(C)n(NC(=S)NC(=O)CCCC(=O)OCCCc2ccccc2)c(=O)c1C#N. The molecule has 0 aliphatic carbocycles. The predicted octanol–water partition coefficient (Wildman–Crippen LogP) is 2.63. The van der Waals surface area contributed by atoms with Crippen molar-refractivity contribution in [3.63, 3.8) is 0 Å². The minimum Gasteiger partial charge on any atom is -0.466 e. The molecule has 1 aromatic heterocycles. The molecule has 0 saturated carbocycles. The normalized spacial score (nSPS) is 10.2. The van der Waals surface area contributed by atoms with Gasteiger partial charge >= 0.3 is 5.97 Å². The smallest absolute Gasteiger partial charge is 0.305 e. The highest BCUT2D eigenvalue weighted by Crippen LogP contribution is 2.05. The Morgan fingerprint density at radius 3 is 2.56 bits per heavy atom.